The van der Waals surface area contributed by atoms with Crippen LogP contribution in [0.25, 0.3) is 0 Å². The van der Waals surface area contributed by atoms with E-state index >= 15 is 0 Å². The maximum atomic E-state index is 12.6. The molecule has 4 heteroatoms. The Morgan fingerprint density at radius 1 is 1.17 bits per heavy atom. The summed E-state index contributed by atoms with van der Waals surface area (Å²) in [6.07, 6.45) is 5.56. The molecular formula is C14H19NO3. The first-order chi connectivity index (χ1) is 8.75. The number of esters is 1. The van der Waals surface area contributed by atoms with E-state index in [9.17, 15) is 9.59 Å². The maximum absolute atomic E-state index is 12.6. The van der Waals surface area contributed by atoms with Crippen LogP contribution in [0, 0.1) is 23.7 Å². The third-order valence-electron chi connectivity index (χ3n) is 5.44. The van der Waals surface area contributed by atoms with Crippen LogP contribution in [-0.2, 0) is 14.3 Å². The average Bonchev–Trinajstić information content (AvgIpc) is 3.00. The largest absolute Gasteiger partial charge is 0.462 e. The minimum Gasteiger partial charge on any atom is -0.462 e. The first-order valence-electron chi connectivity index (χ1n) is 7.25. The highest BCUT2D eigenvalue weighted by Gasteiger charge is 2.64. The van der Waals surface area contributed by atoms with Crippen LogP contribution in [0.5, 0.6) is 0 Å². The lowest BCUT2D eigenvalue weighted by Gasteiger charge is -2.33. The Hall–Kier alpha value is -1.06. The summed E-state index contributed by atoms with van der Waals surface area (Å²) in [5, 5.41) is 0. The van der Waals surface area contributed by atoms with E-state index in [0.717, 1.165) is 38.8 Å². The van der Waals surface area contributed by atoms with Gasteiger partial charge in [0.1, 0.15) is 6.10 Å². The smallest absolute Gasteiger partial charge is 0.310 e. The van der Waals surface area contributed by atoms with Gasteiger partial charge in [0.05, 0.1) is 11.8 Å². The van der Waals surface area contributed by atoms with Crippen LogP contribution in [0.1, 0.15) is 32.1 Å². The number of likely N-dealkylation sites (tertiary alicyclic amines) is 1. The number of piperidine rings is 1. The molecule has 2 heterocycles. The number of amides is 1. The number of carbonyl (C=O) groups is 2. The third kappa shape index (κ3) is 1.32. The first-order valence-corrected chi connectivity index (χ1v) is 7.25. The lowest BCUT2D eigenvalue weighted by Crippen LogP contribution is -2.44. The lowest BCUT2D eigenvalue weighted by molar-refractivity contribution is -0.148. The van der Waals surface area contributed by atoms with E-state index in [1.54, 1.807) is 0 Å². The van der Waals surface area contributed by atoms with Crippen molar-refractivity contribution in [2.24, 2.45) is 23.7 Å². The number of ether oxygens (including phenoxy) is 1. The van der Waals surface area contributed by atoms with Gasteiger partial charge in [-0.2, -0.15) is 0 Å². The van der Waals surface area contributed by atoms with E-state index < -0.39 is 0 Å². The number of fused-ring (bicyclic) bond motifs is 1. The van der Waals surface area contributed by atoms with Crippen LogP contribution < -0.4 is 0 Å². The predicted octanol–water partition coefficient (Wildman–Crippen LogP) is 1.20. The van der Waals surface area contributed by atoms with Crippen molar-refractivity contribution in [1.82, 2.24) is 4.90 Å². The Bertz CT molecular complexity index is 400. The maximum Gasteiger partial charge on any atom is 0.310 e. The molecule has 4 aliphatic rings. The number of carbonyl (C=O) groups excluding carboxylic acids is 2. The summed E-state index contributed by atoms with van der Waals surface area (Å²) in [6.45, 7) is 1.77. The SMILES string of the molecule is O=C1O[C@@H]2C[C@H]3C[C@@H]2[C@H]1[C@H]3C(=O)N1CCCCC1. The van der Waals surface area contributed by atoms with E-state index in [4.69, 9.17) is 4.74 Å². The van der Waals surface area contributed by atoms with Crippen LogP contribution in [0.2, 0.25) is 0 Å². The van der Waals surface area contributed by atoms with Crippen molar-refractivity contribution < 1.29 is 14.3 Å². The van der Waals surface area contributed by atoms with Crippen LogP contribution in [-0.4, -0.2) is 36.0 Å². The van der Waals surface area contributed by atoms with Gasteiger partial charge in [-0.3, -0.25) is 9.59 Å². The second-order valence-electron chi connectivity index (χ2n) is 6.31. The Balaban J connectivity index is 1.57. The van der Waals surface area contributed by atoms with Crippen molar-refractivity contribution in [3.05, 3.63) is 0 Å². The van der Waals surface area contributed by atoms with Gasteiger partial charge in [0.25, 0.3) is 0 Å². The molecule has 4 fully saturated rings. The summed E-state index contributed by atoms with van der Waals surface area (Å²) in [7, 11) is 0. The number of nitrogens with zero attached hydrogens (tertiary/aromatic N) is 1. The molecule has 2 aliphatic carbocycles. The van der Waals surface area contributed by atoms with Crippen molar-refractivity contribution in [1.29, 1.82) is 0 Å². The minimum absolute atomic E-state index is 0.0562. The predicted molar refractivity (Wildman–Crippen MR) is 63.5 cm³/mol. The van der Waals surface area contributed by atoms with Gasteiger partial charge in [0.2, 0.25) is 5.91 Å². The van der Waals surface area contributed by atoms with Crippen LogP contribution in [0.4, 0.5) is 0 Å². The second-order valence-corrected chi connectivity index (χ2v) is 6.31. The molecular weight excluding hydrogens is 230 g/mol. The van der Waals surface area contributed by atoms with Gasteiger partial charge >= 0.3 is 5.97 Å². The third-order valence-corrected chi connectivity index (χ3v) is 5.44. The Morgan fingerprint density at radius 3 is 2.72 bits per heavy atom. The fourth-order valence-electron chi connectivity index (χ4n) is 4.67. The molecule has 4 rings (SSSR count). The van der Waals surface area contributed by atoms with Gasteiger partial charge in [0.15, 0.2) is 0 Å². The molecule has 18 heavy (non-hydrogen) atoms. The molecule has 0 spiro atoms. The number of hydrogen-bond donors (Lipinski definition) is 0. The quantitative estimate of drug-likeness (QED) is 0.656. The molecule has 0 radical (unpaired) electrons. The standard InChI is InChI=1S/C14H19NO3/c16-13(15-4-2-1-3-5-15)11-8-6-9-10(7-8)18-14(17)12(9)11/h8-12H,1-7H2/t8-,9+,10-,11+,12+/m1/s1. The second kappa shape index (κ2) is 3.72. The van der Waals surface area contributed by atoms with Gasteiger partial charge in [0, 0.05) is 19.0 Å². The topological polar surface area (TPSA) is 46.6 Å². The van der Waals surface area contributed by atoms with Gasteiger partial charge in [-0.15, -0.1) is 0 Å². The summed E-state index contributed by atoms with van der Waals surface area (Å²) >= 11 is 0. The highest BCUT2D eigenvalue weighted by atomic mass is 16.6. The summed E-state index contributed by atoms with van der Waals surface area (Å²) in [5.74, 6) is 0.736. The zero-order valence-corrected chi connectivity index (χ0v) is 10.5. The van der Waals surface area contributed by atoms with Gasteiger partial charge in [-0.1, -0.05) is 0 Å². The molecule has 2 saturated carbocycles. The number of hydrogen-bond acceptors (Lipinski definition) is 3. The van der Waals surface area contributed by atoms with E-state index in [1.807, 2.05) is 4.90 Å². The van der Waals surface area contributed by atoms with Crippen LogP contribution in [0.15, 0.2) is 0 Å². The molecule has 2 bridgehead atoms. The lowest BCUT2D eigenvalue weighted by atomic mass is 9.79. The Morgan fingerprint density at radius 2 is 1.94 bits per heavy atom. The first kappa shape index (κ1) is 10.8. The summed E-state index contributed by atoms with van der Waals surface area (Å²) in [5.41, 5.74) is 0. The molecule has 0 aromatic carbocycles. The molecule has 2 saturated heterocycles. The summed E-state index contributed by atoms with van der Waals surface area (Å²) < 4.78 is 5.40. The molecule has 1 amide bonds. The Kier molecular flexibility index (Phi) is 2.24. The molecule has 0 unspecified atom stereocenters. The van der Waals surface area contributed by atoms with Crippen molar-refractivity contribution in [3.63, 3.8) is 0 Å². The molecule has 0 N–H and O–H groups in total. The highest BCUT2D eigenvalue weighted by molar-refractivity contribution is 5.88. The van der Waals surface area contributed by atoms with Gasteiger partial charge in [-0.05, 0) is 38.0 Å². The van der Waals surface area contributed by atoms with Crippen molar-refractivity contribution in [2.45, 2.75) is 38.2 Å². The van der Waals surface area contributed by atoms with E-state index in [0.29, 0.717) is 11.8 Å². The molecule has 0 aromatic rings. The zero-order valence-electron chi connectivity index (χ0n) is 10.5. The summed E-state index contributed by atoms with van der Waals surface area (Å²) in [6, 6.07) is 0. The normalized spacial score (nSPS) is 45.4. The van der Waals surface area contributed by atoms with Crippen molar-refractivity contribution in [3.8, 4) is 0 Å². The Labute approximate surface area is 107 Å². The summed E-state index contributed by atoms with van der Waals surface area (Å²) in [4.78, 5) is 26.5. The van der Waals surface area contributed by atoms with Gasteiger partial charge < -0.3 is 9.64 Å². The van der Waals surface area contributed by atoms with Gasteiger partial charge in [-0.25, -0.2) is 0 Å². The average molecular weight is 249 g/mol. The minimum atomic E-state index is -0.108. The van der Waals surface area contributed by atoms with Crippen molar-refractivity contribution >= 4 is 11.9 Å². The van der Waals surface area contributed by atoms with Crippen molar-refractivity contribution in [2.75, 3.05) is 13.1 Å². The van der Waals surface area contributed by atoms with Crippen LogP contribution in [0.3, 0.4) is 0 Å². The molecule has 4 nitrogen and oxygen atoms in total. The van der Waals surface area contributed by atoms with Crippen LogP contribution >= 0.6 is 0 Å². The fourth-order valence-corrected chi connectivity index (χ4v) is 4.67. The monoisotopic (exact) mass is 249 g/mol. The molecule has 98 valence electrons. The molecule has 2 aliphatic heterocycles. The highest BCUT2D eigenvalue weighted by Crippen LogP contribution is 2.58. The van der Waals surface area contributed by atoms with E-state index in [1.165, 1.54) is 6.42 Å². The zero-order chi connectivity index (χ0) is 12.3. The fraction of sp³-hybridized carbons (Fsp3) is 0.857. The molecule has 0 aromatic heterocycles. The van der Waals surface area contributed by atoms with E-state index in [2.05, 4.69) is 0 Å². The number of rotatable bonds is 1. The molecule has 5 atom stereocenters. The van der Waals surface area contributed by atoms with E-state index in [-0.39, 0.29) is 29.8 Å².